The molecule has 56 valence electrons. The summed E-state index contributed by atoms with van der Waals surface area (Å²) in [4.78, 5) is 4.25. The molecule has 1 N–H and O–H groups in total. The van der Waals surface area contributed by atoms with Gasteiger partial charge in [0.25, 0.3) is 0 Å². The standard InChI is InChI=1S/C9H9NO/c1-6-9-4-8(11)3-2-7(9)5-10-6/h2-4,11H,5H2,1H3. The molecule has 0 amide bonds. The van der Waals surface area contributed by atoms with Crippen LogP contribution in [0.4, 0.5) is 0 Å². The Bertz CT molecular complexity index is 328. The van der Waals surface area contributed by atoms with E-state index in [9.17, 15) is 0 Å². The lowest BCUT2D eigenvalue weighted by Gasteiger charge is -1.98. The van der Waals surface area contributed by atoms with Crippen LogP contribution >= 0.6 is 0 Å². The summed E-state index contributed by atoms with van der Waals surface area (Å²) in [6.45, 7) is 2.73. The van der Waals surface area contributed by atoms with Crippen LogP contribution in [-0.4, -0.2) is 10.8 Å². The SMILES string of the molecule is CC1=NCc2ccc(O)cc21. The fraction of sp³-hybridized carbons (Fsp3) is 0.222. The molecular formula is C9H9NO. The average Bonchev–Trinajstić information content (AvgIpc) is 2.33. The Kier molecular flexibility index (Phi) is 1.22. The summed E-state index contributed by atoms with van der Waals surface area (Å²) in [5.41, 5.74) is 3.32. The number of benzene rings is 1. The van der Waals surface area contributed by atoms with Crippen LogP contribution < -0.4 is 0 Å². The zero-order chi connectivity index (χ0) is 7.84. The van der Waals surface area contributed by atoms with Gasteiger partial charge in [-0.3, -0.25) is 4.99 Å². The predicted molar refractivity (Wildman–Crippen MR) is 44.0 cm³/mol. The van der Waals surface area contributed by atoms with Crippen LogP contribution in [0.3, 0.4) is 0 Å². The van der Waals surface area contributed by atoms with Crippen LogP contribution in [0.5, 0.6) is 5.75 Å². The summed E-state index contributed by atoms with van der Waals surface area (Å²) in [6.07, 6.45) is 0. The maximum Gasteiger partial charge on any atom is 0.116 e. The Hall–Kier alpha value is -1.31. The molecule has 1 aliphatic heterocycles. The first-order valence-corrected chi connectivity index (χ1v) is 3.61. The molecule has 0 radical (unpaired) electrons. The highest BCUT2D eigenvalue weighted by Gasteiger charge is 2.11. The van der Waals surface area contributed by atoms with Crippen LogP contribution in [0.25, 0.3) is 0 Å². The summed E-state index contributed by atoms with van der Waals surface area (Å²) >= 11 is 0. The van der Waals surface area contributed by atoms with Gasteiger partial charge in [0.15, 0.2) is 0 Å². The molecule has 2 heteroatoms. The average molecular weight is 147 g/mol. The molecule has 1 aromatic rings. The number of aromatic hydroxyl groups is 1. The first-order valence-electron chi connectivity index (χ1n) is 3.61. The Balaban J connectivity index is 2.60. The zero-order valence-electron chi connectivity index (χ0n) is 6.33. The third kappa shape index (κ3) is 0.909. The van der Waals surface area contributed by atoms with Crippen molar-refractivity contribution in [2.24, 2.45) is 4.99 Å². The van der Waals surface area contributed by atoms with Gasteiger partial charge in [0.1, 0.15) is 5.75 Å². The number of hydrogen-bond acceptors (Lipinski definition) is 2. The van der Waals surface area contributed by atoms with Crippen molar-refractivity contribution >= 4 is 5.71 Å². The summed E-state index contributed by atoms with van der Waals surface area (Å²) < 4.78 is 0. The molecule has 0 unspecified atom stereocenters. The molecule has 0 aliphatic carbocycles. The molecule has 1 aliphatic rings. The van der Waals surface area contributed by atoms with Crippen molar-refractivity contribution in [2.45, 2.75) is 13.5 Å². The maximum atomic E-state index is 9.16. The number of phenols is 1. The van der Waals surface area contributed by atoms with Gasteiger partial charge < -0.3 is 5.11 Å². The monoisotopic (exact) mass is 147 g/mol. The van der Waals surface area contributed by atoms with Crippen molar-refractivity contribution in [2.75, 3.05) is 0 Å². The van der Waals surface area contributed by atoms with Gasteiger partial charge in [-0.25, -0.2) is 0 Å². The van der Waals surface area contributed by atoms with E-state index in [0.29, 0.717) is 5.75 Å². The van der Waals surface area contributed by atoms with E-state index in [-0.39, 0.29) is 0 Å². The van der Waals surface area contributed by atoms with Crippen LogP contribution in [0.1, 0.15) is 18.1 Å². The molecule has 1 aromatic carbocycles. The molecule has 0 bridgehead atoms. The second kappa shape index (κ2) is 2.09. The largest absolute Gasteiger partial charge is 0.508 e. The van der Waals surface area contributed by atoms with Gasteiger partial charge in [-0.1, -0.05) is 6.07 Å². The van der Waals surface area contributed by atoms with E-state index in [4.69, 9.17) is 5.11 Å². The van der Waals surface area contributed by atoms with Gasteiger partial charge in [0, 0.05) is 11.3 Å². The molecule has 0 atom stereocenters. The fourth-order valence-electron chi connectivity index (χ4n) is 1.33. The van der Waals surface area contributed by atoms with Crippen molar-refractivity contribution in [3.63, 3.8) is 0 Å². The van der Waals surface area contributed by atoms with E-state index >= 15 is 0 Å². The minimum Gasteiger partial charge on any atom is -0.508 e. The topological polar surface area (TPSA) is 32.6 Å². The van der Waals surface area contributed by atoms with Gasteiger partial charge in [0.2, 0.25) is 0 Å². The minimum atomic E-state index is 0.320. The first-order chi connectivity index (χ1) is 5.27. The Morgan fingerprint density at radius 3 is 3.09 bits per heavy atom. The fourth-order valence-corrected chi connectivity index (χ4v) is 1.33. The highest BCUT2D eigenvalue weighted by atomic mass is 16.3. The lowest BCUT2D eigenvalue weighted by atomic mass is 10.1. The Labute approximate surface area is 65.2 Å². The van der Waals surface area contributed by atoms with Crippen molar-refractivity contribution in [3.05, 3.63) is 29.3 Å². The summed E-state index contributed by atoms with van der Waals surface area (Å²) in [5.74, 6) is 0.320. The number of nitrogens with zero attached hydrogens (tertiary/aromatic N) is 1. The van der Waals surface area contributed by atoms with Gasteiger partial charge in [-0.05, 0) is 24.6 Å². The van der Waals surface area contributed by atoms with E-state index in [1.807, 2.05) is 13.0 Å². The lowest BCUT2D eigenvalue weighted by Crippen LogP contribution is -1.90. The lowest BCUT2D eigenvalue weighted by molar-refractivity contribution is 0.475. The van der Waals surface area contributed by atoms with E-state index < -0.39 is 0 Å². The van der Waals surface area contributed by atoms with E-state index in [2.05, 4.69) is 4.99 Å². The van der Waals surface area contributed by atoms with E-state index in [0.717, 1.165) is 17.8 Å². The molecule has 1 heterocycles. The second-order valence-corrected chi connectivity index (χ2v) is 2.74. The molecule has 2 rings (SSSR count). The van der Waals surface area contributed by atoms with Gasteiger partial charge >= 0.3 is 0 Å². The highest BCUT2D eigenvalue weighted by Crippen LogP contribution is 2.22. The smallest absolute Gasteiger partial charge is 0.116 e. The van der Waals surface area contributed by atoms with Crippen LogP contribution in [0.2, 0.25) is 0 Å². The normalized spacial score (nSPS) is 14.5. The Morgan fingerprint density at radius 1 is 1.45 bits per heavy atom. The van der Waals surface area contributed by atoms with Crippen LogP contribution in [0, 0.1) is 0 Å². The van der Waals surface area contributed by atoms with E-state index in [1.54, 1.807) is 12.1 Å². The van der Waals surface area contributed by atoms with Gasteiger partial charge in [0.05, 0.1) is 6.54 Å². The quantitative estimate of drug-likeness (QED) is 0.595. The molecule has 0 aromatic heterocycles. The minimum absolute atomic E-state index is 0.320. The summed E-state index contributed by atoms with van der Waals surface area (Å²) in [7, 11) is 0. The first kappa shape index (κ1) is 6.40. The number of phenolic OH excluding ortho intramolecular Hbond substituents is 1. The molecular weight excluding hydrogens is 138 g/mol. The summed E-state index contributed by atoms with van der Waals surface area (Å²) in [6, 6.07) is 5.39. The van der Waals surface area contributed by atoms with Crippen molar-refractivity contribution in [1.82, 2.24) is 0 Å². The predicted octanol–water partition coefficient (Wildman–Crippen LogP) is 1.71. The number of hydrogen-bond donors (Lipinski definition) is 1. The molecule has 2 nitrogen and oxygen atoms in total. The molecule has 0 fully saturated rings. The highest BCUT2D eigenvalue weighted by molar-refractivity contribution is 6.02. The number of aliphatic imine (C=N–C) groups is 1. The van der Waals surface area contributed by atoms with Crippen LogP contribution in [0.15, 0.2) is 23.2 Å². The van der Waals surface area contributed by atoms with Crippen molar-refractivity contribution in [3.8, 4) is 5.75 Å². The Morgan fingerprint density at radius 2 is 2.27 bits per heavy atom. The van der Waals surface area contributed by atoms with Crippen LogP contribution in [-0.2, 0) is 6.54 Å². The molecule has 0 saturated heterocycles. The summed E-state index contributed by atoms with van der Waals surface area (Å²) in [5, 5.41) is 9.16. The third-order valence-corrected chi connectivity index (χ3v) is 1.97. The second-order valence-electron chi connectivity index (χ2n) is 2.74. The molecule has 11 heavy (non-hydrogen) atoms. The van der Waals surface area contributed by atoms with Gasteiger partial charge in [-0.2, -0.15) is 0 Å². The molecule has 0 saturated carbocycles. The van der Waals surface area contributed by atoms with Gasteiger partial charge in [-0.15, -0.1) is 0 Å². The third-order valence-electron chi connectivity index (χ3n) is 1.97. The number of rotatable bonds is 0. The van der Waals surface area contributed by atoms with Crippen molar-refractivity contribution in [1.29, 1.82) is 0 Å². The number of fused-ring (bicyclic) bond motifs is 1. The zero-order valence-corrected chi connectivity index (χ0v) is 6.33. The van der Waals surface area contributed by atoms with Crippen molar-refractivity contribution < 1.29 is 5.11 Å². The maximum absolute atomic E-state index is 9.16. The molecule has 0 spiro atoms. The van der Waals surface area contributed by atoms with E-state index in [1.165, 1.54) is 5.56 Å².